The van der Waals surface area contributed by atoms with Gasteiger partial charge in [0.2, 0.25) is 0 Å². The van der Waals surface area contributed by atoms with Crippen LogP contribution in [0.5, 0.6) is 0 Å². The number of ether oxygens (including phenoxy) is 6. The molecule has 3 aliphatic rings. The summed E-state index contributed by atoms with van der Waals surface area (Å²) < 4.78 is 34.6. The molecule has 3 aliphatic heterocycles. The summed E-state index contributed by atoms with van der Waals surface area (Å²) >= 11 is 0. The van der Waals surface area contributed by atoms with Crippen LogP contribution in [-0.2, 0) is 38.0 Å². The van der Waals surface area contributed by atoms with Gasteiger partial charge in [0.25, 0.3) is 0 Å². The SMILES string of the molecule is CO[C@H]1O[C@@H]2COC(c3ccccc3)O[C@H]2[C@@H]2OC(=O)CC=CCCC(=O)O[C@@H]12. The van der Waals surface area contributed by atoms with Crippen LogP contribution in [0.25, 0.3) is 0 Å². The fraction of sp³-hybridized carbons (Fsp3) is 0.524. The lowest BCUT2D eigenvalue weighted by Crippen LogP contribution is -2.64. The van der Waals surface area contributed by atoms with Gasteiger partial charge in [0.05, 0.1) is 13.0 Å². The maximum atomic E-state index is 12.4. The number of allylic oxidation sites excluding steroid dienone is 1. The predicted molar refractivity (Wildman–Crippen MR) is 98.4 cm³/mol. The Kier molecular flexibility index (Phi) is 6.25. The predicted octanol–water partition coefficient (Wildman–Crippen LogP) is 2.04. The lowest BCUT2D eigenvalue weighted by molar-refractivity contribution is -0.359. The average Bonchev–Trinajstić information content (AvgIpc) is 2.77. The maximum absolute atomic E-state index is 12.4. The van der Waals surface area contributed by atoms with E-state index in [2.05, 4.69) is 0 Å². The molecule has 0 aromatic heterocycles. The van der Waals surface area contributed by atoms with Crippen molar-refractivity contribution in [2.75, 3.05) is 13.7 Å². The molecule has 0 saturated carbocycles. The summed E-state index contributed by atoms with van der Waals surface area (Å²) in [5.41, 5.74) is 0.833. The maximum Gasteiger partial charge on any atom is 0.310 e. The Hall–Kier alpha value is -2.26. The Labute approximate surface area is 168 Å². The van der Waals surface area contributed by atoms with Gasteiger partial charge in [0, 0.05) is 19.1 Å². The first-order valence-corrected chi connectivity index (χ1v) is 9.70. The zero-order valence-corrected chi connectivity index (χ0v) is 16.1. The van der Waals surface area contributed by atoms with Crippen LogP contribution in [0, 0.1) is 0 Å². The molecule has 29 heavy (non-hydrogen) atoms. The molecule has 4 rings (SSSR count). The summed E-state index contributed by atoms with van der Waals surface area (Å²) in [5, 5.41) is 0. The molecule has 6 atom stereocenters. The Balaban J connectivity index is 1.62. The van der Waals surface area contributed by atoms with E-state index in [0.717, 1.165) is 5.56 Å². The van der Waals surface area contributed by atoms with Crippen LogP contribution in [0.3, 0.4) is 0 Å². The van der Waals surface area contributed by atoms with E-state index in [1.165, 1.54) is 7.11 Å². The average molecular weight is 404 g/mol. The van der Waals surface area contributed by atoms with E-state index in [1.807, 2.05) is 30.3 Å². The van der Waals surface area contributed by atoms with E-state index < -0.39 is 48.9 Å². The molecule has 0 radical (unpaired) electrons. The van der Waals surface area contributed by atoms with Gasteiger partial charge in [-0.05, 0) is 6.42 Å². The quantitative estimate of drug-likeness (QED) is 0.547. The highest BCUT2D eigenvalue weighted by Crippen LogP contribution is 2.36. The number of methoxy groups -OCH3 is 1. The summed E-state index contributed by atoms with van der Waals surface area (Å²) in [5.74, 6) is -0.852. The number of carbonyl (C=O) groups is 2. The number of hydrogen-bond acceptors (Lipinski definition) is 8. The van der Waals surface area contributed by atoms with Crippen molar-refractivity contribution >= 4 is 11.9 Å². The first-order valence-electron chi connectivity index (χ1n) is 9.70. The molecule has 1 aromatic carbocycles. The van der Waals surface area contributed by atoms with Gasteiger partial charge in [-0.3, -0.25) is 9.59 Å². The molecule has 0 spiro atoms. The lowest BCUT2D eigenvalue weighted by Gasteiger charge is -2.47. The van der Waals surface area contributed by atoms with E-state index in [-0.39, 0.29) is 19.4 Å². The van der Waals surface area contributed by atoms with Crippen LogP contribution in [0.4, 0.5) is 0 Å². The van der Waals surface area contributed by atoms with Crippen molar-refractivity contribution in [2.45, 2.75) is 56.3 Å². The fourth-order valence-electron chi connectivity index (χ4n) is 3.68. The van der Waals surface area contributed by atoms with Crippen molar-refractivity contribution in [3.05, 3.63) is 48.0 Å². The molecule has 1 unspecified atom stereocenters. The minimum absolute atomic E-state index is 0.103. The second kappa shape index (κ2) is 9.04. The van der Waals surface area contributed by atoms with Gasteiger partial charge in [-0.15, -0.1) is 0 Å². The molecular weight excluding hydrogens is 380 g/mol. The summed E-state index contributed by atoms with van der Waals surface area (Å²) in [6, 6.07) is 9.45. The third-order valence-electron chi connectivity index (χ3n) is 5.09. The van der Waals surface area contributed by atoms with Gasteiger partial charge in [-0.1, -0.05) is 42.5 Å². The molecule has 0 N–H and O–H groups in total. The van der Waals surface area contributed by atoms with Crippen LogP contribution in [-0.4, -0.2) is 56.4 Å². The number of hydrogen-bond donors (Lipinski definition) is 0. The van der Waals surface area contributed by atoms with Gasteiger partial charge < -0.3 is 28.4 Å². The number of esters is 2. The standard InChI is InChI=1S/C21H24O8/c1-24-21-19-18(27-15(22)10-6-3-7-11-16(23)28-19)17-14(26-21)12-25-20(29-17)13-8-4-2-5-9-13/h2-6,8-9,14,17-21H,7,10-12H2,1H3/t14-,17-,18+,19-,20?,21+/m1/s1. The monoisotopic (exact) mass is 404 g/mol. The topological polar surface area (TPSA) is 89.5 Å². The van der Waals surface area contributed by atoms with Crippen LogP contribution >= 0.6 is 0 Å². The molecule has 8 nitrogen and oxygen atoms in total. The minimum Gasteiger partial charge on any atom is -0.455 e. The van der Waals surface area contributed by atoms with E-state index in [9.17, 15) is 9.59 Å². The molecule has 0 bridgehead atoms. The number of fused-ring (bicyclic) bond motifs is 3. The van der Waals surface area contributed by atoms with E-state index >= 15 is 0 Å². The van der Waals surface area contributed by atoms with Gasteiger partial charge in [-0.2, -0.15) is 0 Å². The highest BCUT2D eigenvalue weighted by Gasteiger charge is 2.53. The van der Waals surface area contributed by atoms with Gasteiger partial charge in [0.1, 0.15) is 12.2 Å². The van der Waals surface area contributed by atoms with Crippen molar-refractivity contribution in [1.29, 1.82) is 0 Å². The first kappa shape index (κ1) is 20.0. The third-order valence-corrected chi connectivity index (χ3v) is 5.09. The zero-order valence-electron chi connectivity index (χ0n) is 16.1. The number of carbonyl (C=O) groups excluding carboxylic acids is 2. The summed E-state index contributed by atoms with van der Waals surface area (Å²) in [6.07, 6.45) is -0.336. The zero-order chi connectivity index (χ0) is 20.2. The second-order valence-corrected chi connectivity index (χ2v) is 7.08. The molecule has 2 saturated heterocycles. The Morgan fingerprint density at radius 3 is 2.52 bits per heavy atom. The third kappa shape index (κ3) is 4.51. The van der Waals surface area contributed by atoms with Gasteiger partial charge in [0.15, 0.2) is 24.8 Å². The van der Waals surface area contributed by atoms with Crippen LogP contribution in [0.2, 0.25) is 0 Å². The second-order valence-electron chi connectivity index (χ2n) is 7.08. The molecule has 0 amide bonds. The smallest absolute Gasteiger partial charge is 0.310 e. The van der Waals surface area contributed by atoms with Crippen molar-refractivity contribution in [1.82, 2.24) is 0 Å². The largest absolute Gasteiger partial charge is 0.455 e. The van der Waals surface area contributed by atoms with E-state index in [1.54, 1.807) is 12.2 Å². The minimum atomic E-state index is -0.940. The molecule has 156 valence electrons. The van der Waals surface area contributed by atoms with Crippen LogP contribution in [0.15, 0.2) is 42.5 Å². The highest BCUT2D eigenvalue weighted by molar-refractivity contribution is 5.72. The molecule has 3 heterocycles. The number of rotatable bonds is 2. The Morgan fingerprint density at radius 1 is 0.931 bits per heavy atom. The van der Waals surface area contributed by atoms with Gasteiger partial charge in [-0.25, -0.2) is 0 Å². The highest BCUT2D eigenvalue weighted by atomic mass is 16.8. The molecule has 8 heteroatoms. The first-order chi connectivity index (χ1) is 14.2. The summed E-state index contributed by atoms with van der Waals surface area (Å²) in [6.45, 7) is 0.221. The number of benzene rings is 1. The fourth-order valence-corrected chi connectivity index (χ4v) is 3.68. The Bertz CT molecular complexity index is 748. The van der Waals surface area contributed by atoms with Crippen molar-refractivity contribution in [3.8, 4) is 0 Å². The van der Waals surface area contributed by atoms with Crippen LogP contribution < -0.4 is 0 Å². The summed E-state index contributed by atoms with van der Waals surface area (Å²) in [4.78, 5) is 24.7. The van der Waals surface area contributed by atoms with Crippen molar-refractivity contribution in [2.24, 2.45) is 0 Å². The van der Waals surface area contributed by atoms with E-state index in [4.69, 9.17) is 28.4 Å². The van der Waals surface area contributed by atoms with Crippen molar-refractivity contribution in [3.63, 3.8) is 0 Å². The van der Waals surface area contributed by atoms with Gasteiger partial charge >= 0.3 is 11.9 Å². The normalized spacial score (nSPS) is 35.5. The Morgan fingerprint density at radius 2 is 1.72 bits per heavy atom. The molecular formula is C21H24O8. The van der Waals surface area contributed by atoms with Crippen LogP contribution in [0.1, 0.15) is 31.1 Å². The van der Waals surface area contributed by atoms with E-state index in [0.29, 0.717) is 6.42 Å². The molecule has 1 aromatic rings. The van der Waals surface area contributed by atoms with Crippen molar-refractivity contribution < 1.29 is 38.0 Å². The lowest BCUT2D eigenvalue weighted by atomic mass is 9.97. The molecule has 2 fully saturated rings. The summed E-state index contributed by atoms with van der Waals surface area (Å²) in [7, 11) is 1.45. The molecule has 0 aliphatic carbocycles.